The summed E-state index contributed by atoms with van der Waals surface area (Å²) in [5, 5.41) is 6.92. The van der Waals surface area contributed by atoms with Crippen molar-refractivity contribution in [2.45, 2.75) is 6.18 Å². The SMILES string of the molecule is O=C(Nc1ccc(C(F)(F)F)cc1)Nc1nc(-c2ccc(F)cc2)cs1. The summed E-state index contributed by atoms with van der Waals surface area (Å²) < 4.78 is 50.5. The number of thiazole rings is 1. The Morgan fingerprint density at radius 3 is 2.23 bits per heavy atom. The average Bonchev–Trinajstić information content (AvgIpc) is 3.03. The molecular formula is C17H11F4N3OS. The zero-order valence-electron chi connectivity index (χ0n) is 13.0. The molecule has 2 amide bonds. The summed E-state index contributed by atoms with van der Waals surface area (Å²) in [6.45, 7) is 0. The summed E-state index contributed by atoms with van der Waals surface area (Å²) >= 11 is 1.17. The number of halogens is 4. The molecule has 4 nitrogen and oxygen atoms in total. The lowest BCUT2D eigenvalue weighted by atomic mass is 10.2. The number of urea groups is 1. The van der Waals surface area contributed by atoms with E-state index < -0.39 is 17.8 Å². The number of carbonyl (C=O) groups excluding carboxylic acids is 1. The number of rotatable bonds is 3. The van der Waals surface area contributed by atoms with Crippen molar-refractivity contribution < 1.29 is 22.4 Å². The van der Waals surface area contributed by atoms with Gasteiger partial charge in [0, 0.05) is 16.6 Å². The lowest BCUT2D eigenvalue weighted by Gasteiger charge is -2.08. The first-order valence-electron chi connectivity index (χ1n) is 7.28. The maximum Gasteiger partial charge on any atom is 0.416 e. The first-order valence-corrected chi connectivity index (χ1v) is 8.16. The van der Waals surface area contributed by atoms with E-state index in [1.54, 1.807) is 17.5 Å². The van der Waals surface area contributed by atoms with Crippen molar-refractivity contribution in [1.29, 1.82) is 0 Å². The van der Waals surface area contributed by atoms with Gasteiger partial charge in [0.25, 0.3) is 0 Å². The molecule has 0 saturated heterocycles. The van der Waals surface area contributed by atoms with E-state index in [4.69, 9.17) is 0 Å². The van der Waals surface area contributed by atoms with Crippen LogP contribution in [0.1, 0.15) is 5.56 Å². The maximum absolute atomic E-state index is 12.9. The predicted octanol–water partition coefficient (Wildman–Crippen LogP) is 5.61. The molecule has 134 valence electrons. The molecule has 0 aliphatic heterocycles. The number of hydrogen-bond donors (Lipinski definition) is 2. The zero-order valence-corrected chi connectivity index (χ0v) is 13.8. The molecular weight excluding hydrogens is 370 g/mol. The minimum Gasteiger partial charge on any atom is -0.308 e. The fraction of sp³-hybridized carbons (Fsp3) is 0.0588. The van der Waals surface area contributed by atoms with Gasteiger partial charge >= 0.3 is 12.2 Å². The first-order chi connectivity index (χ1) is 12.3. The topological polar surface area (TPSA) is 54.0 Å². The third-order valence-electron chi connectivity index (χ3n) is 3.33. The third kappa shape index (κ3) is 4.37. The Hall–Kier alpha value is -2.94. The van der Waals surface area contributed by atoms with Crippen LogP contribution in [0.5, 0.6) is 0 Å². The molecule has 0 spiro atoms. The summed E-state index contributed by atoms with van der Waals surface area (Å²) in [7, 11) is 0. The molecule has 2 aromatic carbocycles. The minimum atomic E-state index is -4.43. The number of alkyl halides is 3. The smallest absolute Gasteiger partial charge is 0.308 e. The summed E-state index contributed by atoms with van der Waals surface area (Å²) in [4.78, 5) is 16.1. The van der Waals surface area contributed by atoms with Crippen LogP contribution in [0.4, 0.5) is 33.2 Å². The Bertz CT molecular complexity index is 905. The highest BCUT2D eigenvalue weighted by molar-refractivity contribution is 7.14. The maximum atomic E-state index is 12.9. The quantitative estimate of drug-likeness (QED) is 0.579. The van der Waals surface area contributed by atoms with Gasteiger partial charge in [-0.3, -0.25) is 5.32 Å². The van der Waals surface area contributed by atoms with E-state index in [9.17, 15) is 22.4 Å². The molecule has 0 aliphatic carbocycles. The number of nitrogens with zero attached hydrogens (tertiary/aromatic N) is 1. The lowest BCUT2D eigenvalue weighted by Crippen LogP contribution is -2.19. The highest BCUT2D eigenvalue weighted by Gasteiger charge is 2.29. The van der Waals surface area contributed by atoms with E-state index in [2.05, 4.69) is 15.6 Å². The Morgan fingerprint density at radius 2 is 1.62 bits per heavy atom. The van der Waals surface area contributed by atoms with E-state index in [-0.39, 0.29) is 11.5 Å². The summed E-state index contributed by atoms with van der Waals surface area (Å²) in [5.74, 6) is -0.363. The van der Waals surface area contributed by atoms with Crippen LogP contribution in [0.15, 0.2) is 53.9 Å². The number of nitrogens with one attached hydrogen (secondary N) is 2. The largest absolute Gasteiger partial charge is 0.416 e. The van der Waals surface area contributed by atoms with Crippen LogP contribution in [0, 0.1) is 5.82 Å². The number of hydrogen-bond acceptors (Lipinski definition) is 3. The van der Waals surface area contributed by atoms with Crippen LogP contribution < -0.4 is 10.6 Å². The van der Waals surface area contributed by atoms with Crippen LogP contribution >= 0.6 is 11.3 Å². The van der Waals surface area contributed by atoms with Gasteiger partial charge in [-0.25, -0.2) is 14.2 Å². The Labute approximate surface area is 149 Å². The van der Waals surface area contributed by atoms with Gasteiger partial charge in [0.05, 0.1) is 11.3 Å². The molecule has 3 aromatic rings. The number of anilines is 2. The van der Waals surface area contributed by atoms with Crippen LogP contribution in [0.2, 0.25) is 0 Å². The second-order valence-electron chi connectivity index (χ2n) is 5.20. The normalized spacial score (nSPS) is 11.2. The number of carbonyl (C=O) groups is 1. The molecule has 9 heteroatoms. The zero-order chi connectivity index (χ0) is 18.7. The van der Waals surface area contributed by atoms with Gasteiger partial charge in [-0.15, -0.1) is 11.3 Å². The Morgan fingerprint density at radius 1 is 0.962 bits per heavy atom. The monoisotopic (exact) mass is 381 g/mol. The Kier molecular flexibility index (Phi) is 4.90. The molecule has 0 aliphatic rings. The van der Waals surface area contributed by atoms with E-state index in [0.717, 1.165) is 24.3 Å². The molecule has 0 bridgehead atoms. The van der Waals surface area contributed by atoms with Gasteiger partial charge in [-0.05, 0) is 48.5 Å². The second kappa shape index (κ2) is 7.12. The van der Waals surface area contributed by atoms with Crippen molar-refractivity contribution >= 4 is 28.2 Å². The van der Waals surface area contributed by atoms with Crippen LogP contribution in [0.25, 0.3) is 11.3 Å². The van der Waals surface area contributed by atoms with E-state index >= 15 is 0 Å². The standard InChI is InChI=1S/C17H11F4N3OS/c18-12-5-1-10(2-6-12)14-9-26-16(23-14)24-15(25)22-13-7-3-11(4-8-13)17(19,20)21/h1-9H,(H2,22,23,24,25). The van der Waals surface area contributed by atoms with Crippen molar-refractivity contribution in [1.82, 2.24) is 4.98 Å². The summed E-state index contributed by atoms with van der Waals surface area (Å²) in [6.07, 6.45) is -4.43. The highest BCUT2D eigenvalue weighted by atomic mass is 32.1. The summed E-state index contributed by atoms with van der Waals surface area (Å²) in [6, 6.07) is 9.19. The predicted molar refractivity (Wildman–Crippen MR) is 91.6 cm³/mol. The van der Waals surface area contributed by atoms with Gasteiger partial charge in [-0.1, -0.05) is 0 Å². The molecule has 0 saturated carbocycles. The number of amides is 2. The van der Waals surface area contributed by atoms with Gasteiger partial charge < -0.3 is 5.32 Å². The van der Waals surface area contributed by atoms with E-state index in [1.165, 1.54) is 23.5 Å². The minimum absolute atomic E-state index is 0.214. The van der Waals surface area contributed by atoms with Crippen molar-refractivity contribution in [2.24, 2.45) is 0 Å². The van der Waals surface area contributed by atoms with E-state index in [1.807, 2.05) is 0 Å². The number of aromatic nitrogens is 1. The molecule has 26 heavy (non-hydrogen) atoms. The van der Waals surface area contributed by atoms with Gasteiger partial charge in [-0.2, -0.15) is 13.2 Å². The summed E-state index contributed by atoms with van der Waals surface area (Å²) in [5.41, 5.74) is 0.678. The highest BCUT2D eigenvalue weighted by Crippen LogP contribution is 2.30. The lowest BCUT2D eigenvalue weighted by molar-refractivity contribution is -0.137. The first kappa shape index (κ1) is 17.9. The van der Waals surface area contributed by atoms with Gasteiger partial charge in [0.15, 0.2) is 5.13 Å². The van der Waals surface area contributed by atoms with Crippen LogP contribution in [-0.2, 0) is 6.18 Å². The third-order valence-corrected chi connectivity index (χ3v) is 4.09. The molecule has 1 heterocycles. The molecule has 3 rings (SSSR count). The van der Waals surface area contributed by atoms with Crippen molar-refractivity contribution in [2.75, 3.05) is 10.6 Å². The average molecular weight is 381 g/mol. The van der Waals surface area contributed by atoms with Gasteiger partial charge in [0.1, 0.15) is 5.82 Å². The van der Waals surface area contributed by atoms with Crippen LogP contribution in [0.3, 0.4) is 0 Å². The van der Waals surface area contributed by atoms with Crippen molar-refractivity contribution in [3.05, 3.63) is 65.3 Å². The fourth-order valence-electron chi connectivity index (χ4n) is 2.09. The second-order valence-corrected chi connectivity index (χ2v) is 6.06. The molecule has 1 aromatic heterocycles. The molecule has 2 N–H and O–H groups in total. The van der Waals surface area contributed by atoms with Crippen molar-refractivity contribution in [3.8, 4) is 11.3 Å². The van der Waals surface area contributed by atoms with Crippen LogP contribution in [-0.4, -0.2) is 11.0 Å². The van der Waals surface area contributed by atoms with Crippen molar-refractivity contribution in [3.63, 3.8) is 0 Å². The molecule has 0 fully saturated rings. The molecule has 0 atom stereocenters. The Balaban J connectivity index is 1.62. The molecule has 0 radical (unpaired) electrons. The van der Waals surface area contributed by atoms with Gasteiger partial charge in [0.2, 0.25) is 0 Å². The van der Waals surface area contributed by atoms with E-state index in [0.29, 0.717) is 16.4 Å². The fourth-order valence-corrected chi connectivity index (χ4v) is 2.80. The molecule has 0 unspecified atom stereocenters. The number of benzene rings is 2.